The average Bonchev–Trinajstić information content (AvgIpc) is 3.99. The molecule has 1 amide bonds. The van der Waals surface area contributed by atoms with Crippen molar-refractivity contribution in [1.82, 2.24) is 15.1 Å². The van der Waals surface area contributed by atoms with Crippen molar-refractivity contribution >= 4 is 36.0 Å². The first-order valence-electron chi connectivity index (χ1n) is 28.3. The zero-order valence-corrected chi connectivity index (χ0v) is 47.5. The first-order valence-corrected chi connectivity index (χ1v) is 28.3. The van der Waals surface area contributed by atoms with Crippen LogP contribution in [0.15, 0.2) is 82.9 Å². The lowest BCUT2D eigenvalue weighted by molar-refractivity contribution is -0.136. The molecule has 3 aromatic carbocycles. The summed E-state index contributed by atoms with van der Waals surface area (Å²) in [6.07, 6.45) is 7.72. The molecule has 23 heteroatoms. The van der Waals surface area contributed by atoms with Gasteiger partial charge in [-0.3, -0.25) is 30.3 Å². The number of benzene rings is 3. The van der Waals surface area contributed by atoms with Crippen LogP contribution in [-0.2, 0) is 58.8 Å². The fourth-order valence-corrected chi connectivity index (χ4v) is 9.46. The number of amides is 1. The molecule has 82 heavy (non-hydrogen) atoms. The van der Waals surface area contributed by atoms with Crippen LogP contribution >= 0.6 is 0 Å². The SMILES string of the molecule is CC(CC1CCC(C)N1CCC(NC=O)c1ccccc1)N(C(=N)CCOCCOCCOCCOC/C(C=NCCOCCOCCOCCOCCC(=O)Oc1c(F)cc(F)cc1F)=N/N)C(=N)C1CC(OCc2ccccc2)C1. The summed E-state index contributed by atoms with van der Waals surface area (Å²) in [5, 5.41) is 25.5. The van der Waals surface area contributed by atoms with Crippen LogP contribution in [-0.4, -0.2) is 189 Å². The van der Waals surface area contributed by atoms with Crippen molar-refractivity contribution in [3.63, 3.8) is 0 Å². The molecular formula is C59H85F3N8O12. The number of rotatable bonds is 44. The van der Waals surface area contributed by atoms with Crippen molar-refractivity contribution in [1.29, 1.82) is 10.8 Å². The molecular weight excluding hydrogens is 1070 g/mol. The summed E-state index contributed by atoms with van der Waals surface area (Å²) in [4.78, 5) is 32.1. The highest BCUT2D eigenvalue weighted by molar-refractivity contribution is 6.31. The van der Waals surface area contributed by atoms with E-state index in [4.69, 9.17) is 48.5 Å². The van der Waals surface area contributed by atoms with Gasteiger partial charge in [0.25, 0.3) is 0 Å². The quantitative estimate of drug-likeness (QED) is 0.00647. The maximum Gasteiger partial charge on any atom is 0.313 e. The normalized spacial score (nSPS) is 18.1. The Balaban J connectivity index is 0.860. The van der Waals surface area contributed by atoms with E-state index >= 15 is 0 Å². The molecule has 5 rings (SSSR count). The van der Waals surface area contributed by atoms with E-state index in [1.165, 1.54) is 6.21 Å². The summed E-state index contributed by atoms with van der Waals surface area (Å²) in [6, 6.07) is 21.6. The lowest BCUT2D eigenvalue weighted by Gasteiger charge is -2.42. The Bertz CT molecular complexity index is 2340. The van der Waals surface area contributed by atoms with Crippen LogP contribution in [0.5, 0.6) is 5.75 Å². The molecule has 4 atom stereocenters. The van der Waals surface area contributed by atoms with Crippen molar-refractivity contribution in [3.8, 4) is 5.75 Å². The van der Waals surface area contributed by atoms with E-state index in [-0.39, 0.29) is 63.0 Å². The molecule has 1 heterocycles. The second-order valence-electron chi connectivity index (χ2n) is 19.9. The monoisotopic (exact) mass is 1150 g/mol. The Morgan fingerprint density at radius 1 is 0.768 bits per heavy atom. The fraction of sp³-hybridized carbons (Fsp3) is 0.593. The third-order valence-electron chi connectivity index (χ3n) is 13.9. The minimum atomic E-state index is -1.31. The molecule has 0 aromatic heterocycles. The number of hydrogen-bond donors (Lipinski definition) is 4. The molecule has 1 saturated heterocycles. The number of aliphatic imine (C=N–C) groups is 1. The second kappa shape index (κ2) is 39.7. The Hall–Kier alpha value is -5.73. The number of esters is 1. The van der Waals surface area contributed by atoms with Crippen LogP contribution in [0.2, 0.25) is 0 Å². The van der Waals surface area contributed by atoms with Gasteiger partial charge >= 0.3 is 5.97 Å². The summed E-state index contributed by atoms with van der Waals surface area (Å²) in [7, 11) is 0. The van der Waals surface area contributed by atoms with Gasteiger partial charge in [-0.25, -0.2) is 13.2 Å². The topological polar surface area (TPSA) is 243 Å². The number of carbonyl (C=O) groups excluding carboxylic acids is 2. The van der Waals surface area contributed by atoms with Crippen LogP contribution in [0.3, 0.4) is 0 Å². The van der Waals surface area contributed by atoms with E-state index in [9.17, 15) is 33.6 Å². The van der Waals surface area contributed by atoms with Crippen molar-refractivity contribution in [2.45, 2.75) is 102 Å². The lowest BCUT2D eigenvalue weighted by Crippen LogP contribution is -2.51. The summed E-state index contributed by atoms with van der Waals surface area (Å²) in [5.74, 6) is 0.734. The Morgan fingerprint density at radius 3 is 1.90 bits per heavy atom. The van der Waals surface area contributed by atoms with Crippen molar-refractivity contribution in [2.75, 3.05) is 119 Å². The van der Waals surface area contributed by atoms with Gasteiger partial charge in [-0.15, -0.1) is 0 Å². The molecule has 3 aromatic rings. The number of carbonyl (C=O) groups is 2. The summed E-state index contributed by atoms with van der Waals surface area (Å²) >= 11 is 0. The molecule has 0 radical (unpaired) electrons. The predicted molar refractivity (Wildman–Crippen MR) is 304 cm³/mol. The molecule has 2 aliphatic rings. The number of halogens is 3. The van der Waals surface area contributed by atoms with Crippen LogP contribution < -0.4 is 15.9 Å². The molecule has 0 spiro atoms. The number of hydrogen-bond acceptors (Lipinski definition) is 18. The van der Waals surface area contributed by atoms with Crippen molar-refractivity contribution in [2.24, 2.45) is 21.9 Å². The zero-order chi connectivity index (χ0) is 58.6. The zero-order valence-electron chi connectivity index (χ0n) is 47.5. The largest absolute Gasteiger partial charge is 0.420 e. The lowest BCUT2D eigenvalue weighted by atomic mass is 9.80. The van der Waals surface area contributed by atoms with E-state index in [2.05, 4.69) is 63.2 Å². The highest BCUT2D eigenvalue weighted by Gasteiger charge is 2.39. The number of likely N-dealkylation sites (tertiary alicyclic amines) is 1. The number of nitrogens with zero attached hydrogens (tertiary/aromatic N) is 4. The standard InChI is InChI=1S/C59H85F3N8O12/c1-44-13-14-51(69(44)19-15-55(67-43-71)47-11-7-4-8-12-47)35-45(2)70(59(64)48-36-52(37-48)81-41-46-9-5-3-6-10-46)56(63)16-20-73-23-26-76-31-32-79-33-34-80-42-50(68-65)40-66-18-22-75-25-28-78-30-29-77-27-24-74-21-17-57(72)82-58-53(61)38-49(60)39-54(58)62/h3-12,38-40,43-45,48,51-52,55,63-64H,13-37,41-42,65H2,1-2H3,(H,67,71)/b63-56?,64-59?,66-40?,68-50+. The first kappa shape index (κ1) is 67.1. The van der Waals surface area contributed by atoms with Gasteiger partial charge in [0.15, 0.2) is 11.6 Å². The van der Waals surface area contributed by atoms with Crippen LogP contribution in [0.1, 0.15) is 82.4 Å². The Labute approximate surface area is 480 Å². The Morgan fingerprint density at radius 2 is 1.32 bits per heavy atom. The molecule has 4 unspecified atom stereocenters. The number of amidine groups is 2. The summed E-state index contributed by atoms with van der Waals surface area (Å²) in [6.45, 7) is 10.9. The number of nitrogens with two attached hydrogens (primary N) is 1. The van der Waals surface area contributed by atoms with Gasteiger partial charge in [-0.2, -0.15) is 5.10 Å². The van der Waals surface area contributed by atoms with Gasteiger partial charge in [0.05, 0.1) is 137 Å². The van der Waals surface area contributed by atoms with Gasteiger partial charge in [0, 0.05) is 55.4 Å². The van der Waals surface area contributed by atoms with Gasteiger partial charge in [-0.1, -0.05) is 60.7 Å². The van der Waals surface area contributed by atoms with Crippen molar-refractivity contribution < 1.29 is 70.1 Å². The molecule has 20 nitrogen and oxygen atoms in total. The molecule has 1 saturated carbocycles. The summed E-state index contributed by atoms with van der Waals surface area (Å²) in [5.41, 5.74) is 2.67. The molecule has 2 fully saturated rings. The van der Waals surface area contributed by atoms with Gasteiger partial charge in [-0.05, 0) is 63.5 Å². The van der Waals surface area contributed by atoms with Crippen LogP contribution in [0.4, 0.5) is 13.2 Å². The number of hydrazone groups is 1. The smallest absolute Gasteiger partial charge is 0.313 e. The third-order valence-corrected chi connectivity index (χ3v) is 13.9. The summed E-state index contributed by atoms with van der Waals surface area (Å²) < 4.78 is 95.5. The van der Waals surface area contributed by atoms with Crippen LogP contribution in [0.25, 0.3) is 0 Å². The first-order chi connectivity index (χ1) is 40.0. The predicted octanol–water partition coefficient (Wildman–Crippen LogP) is 7.07. The molecule has 1 aliphatic heterocycles. The van der Waals surface area contributed by atoms with E-state index in [1.54, 1.807) is 0 Å². The Kier molecular flexibility index (Phi) is 32.5. The minimum absolute atomic E-state index is 0.0118. The number of ether oxygens (including phenoxy) is 10. The third kappa shape index (κ3) is 25.4. The van der Waals surface area contributed by atoms with Crippen molar-refractivity contribution in [3.05, 3.63) is 101 Å². The highest BCUT2D eigenvalue weighted by atomic mass is 19.1. The maximum absolute atomic E-state index is 13.6. The highest BCUT2D eigenvalue weighted by Crippen LogP contribution is 2.35. The van der Waals surface area contributed by atoms with Gasteiger partial charge in [0.1, 0.15) is 23.2 Å². The second-order valence-corrected chi connectivity index (χ2v) is 19.9. The molecule has 1 aliphatic carbocycles. The van der Waals surface area contributed by atoms with Crippen LogP contribution in [0, 0.1) is 34.2 Å². The van der Waals surface area contributed by atoms with Gasteiger partial charge < -0.3 is 63.4 Å². The fourth-order valence-electron chi connectivity index (χ4n) is 9.46. The molecule has 454 valence electrons. The minimum Gasteiger partial charge on any atom is -0.420 e. The molecule has 5 N–H and O–H groups in total. The van der Waals surface area contributed by atoms with E-state index < -0.39 is 29.2 Å². The molecule has 0 bridgehead atoms. The van der Waals surface area contributed by atoms with E-state index in [0.717, 1.165) is 62.6 Å². The van der Waals surface area contributed by atoms with Gasteiger partial charge in [0.2, 0.25) is 12.2 Å². The van der Waals surface area contributed by atoms with E-state index in [0.29, 0.717) is 134 Å². The average molecular weight is 1160 g/mol. The van der Waals surface area contributed by atoms with E-state index in [1.807, 2.05) is 41.3 Å². The number of nitrogens with one attached hydrogen (secondary N) is 3. The maximum atomic E-state index is 13.6.